The quantitative estimate of drug-likeness (QED) is 0.734. The molecule has 146 valence electrons. The Morgan fingerprint density at radius 1 is 1.11 bits per heavy atom. The Labute approximate surface area is 162 Å². The Morgan fingerprint density at radius 2 is 1.96 bits per heavy atom. The van der Waals surface area contributed by atoms with Crippen LogP contribution in [0.1, 0.15) is 11.4 Å². The number of aromatic amines is 1. The van der Waals surface area contributed by atoms with Crippen LogP contribution in [0, 0.1) is 0 Å². The third-order valence-electron chi connectivity index (χ3n) is 5.16. The van der Waals surface area contributed by atoms with Gasteiger partial charge in [-0.1, -0.05) is 18.2 Å². The number of H-pyrrole nitrogens is 1. The molecule has 0 spiro atoms. The number of likely N-dealkylation sites (tertiary alicyclic amines) is 1. The van der Waals surface area contributed by atoms with Gasteiger partial charge in [-0.2, -0.15) is 0 Å². The third-order valence-corrected chi connectivity index (χ3v) is 5.16. The number of alkyl halides is 1. The largest absolute Gasteiger partial charge is 0.486 e. The second-order valence-corrected chi connectivity index (χ2v) is 7.24. The van der Waals surface area contributed by atoms with E-state index in [1.807, 2.05) is 42.5 Å². The van der Waals surface area contributed by atoms with E-state index < -0.39 is 12.3 Å². The predicted molar refractivity (Wildman–Crippen MR) is 102 cm³/mol. The van der Waals surface area contributed by atoms with E-state index in [1.165, 1.54) is 0 Å². The molecule has 1 N–H and O–H groups in total. The van der Waals surface area contributed by atoms with Crippen molar-refractivity contribution in [3.05, 3.63) is 53.9 Å². The molecule has 6 nitrogen and oxygen atoms in total. The number of halogens is 1. The molecule has 0 radical (unpaired) electrons. The normalized spacial score (nSPS) is 22.0. The maximum atomic E-state index is 14.5. The number of ether oxygens (including phenoxy) is 3. The summed E-state index contributed by atoms with van der Waals surface area (Å²) in [6.07, 6.45) is -1.47. The SMILES string of the molecule is F[C@@H]1CN(Cc2ccc3c(c2)OCCO3)C[C@@H]1OCc1nc2ccccc2[nH]1. The highest BCUT2D eigenvalue weighted by Gasteiger charge is 2.34. The van der Waals surface area contributed by atoms with Gasteiger partial charge in [0.15, 0.2) is 11.5 Å². The van der Waals surface area contributed by atoms with Crippen LogP contribution >= 0.6 is 0 Å². The zero-order valence-corrected chi connectivity index (χ0v) is 15.4. The summed E-state index contributed by atoms with van der Waals surface area (Å²) in [4.78, 5) is 9.77. The summed E-state index contributed by atoms with van der Waals surface area (Å²) in [6.45, 7) is 2.98. The van der Waals surface area contributed by atoms with Crippen molar-refractivity contribution < 1.29 is 18.6 Å². The molecule has 0 aliphatic carbocycles. The first kappa shape index (κ1) is 17.5. The van der Waals surface area contributed by atoms with Crippen molar-refractivity contribution in [1.82, 2.24) is 14.9 Å². The molecule has 0 unspecified atom stereocenters. The van der Waals surface area contributed by atoms with E-state index in [9.17, 15) is 4.39 Å². The van der Waals surface area contributed by atoms with Crippen LogP contribution in [-0.4, -0.2) is 53.4 Å². The van der Waals surface area contributed by atoms with Crippen molar-refractivity contribution >= 4 is 11.0 Å². The molecule has 0 bridgehead atoms. The minimum atomic E-state index is -1.01. The average molecular weight is 383 g/mol. The number of fused-ring (bicyclic) bond motifs is 2. The minimum Gasteiger partial charge on any atom is -0.486 e. The van der Waals surface area contributed by atoms with E-state index in [-0.39, 0.29) is 6.61 Å². The Kier molecular flexibility index (Phi) is 4.62. The van der Waals surface area contributed by atoms with Crippen molar-refractivity contribution in [3.63, 3.8) is 0 Å². The van der Waals surface area contributed by atoms with Gasteiger partial charge in [0.25, 0.3) is 0 Å². The van der Waals surface area contributed by atoms with Gasteiger partial charge in [0.05, 0.1) is 11.0 Å². The molecule has 3 heterocycles. The van der Waals surface area contributed by atoms with Crippen LogP contribution in [0.5, 0.6) is 11.5 Å². The number of hydrogen-bond acceptors (Lipinski definition) is 5. The standard InChI is InChI=1S/C21H22FN3O3/c22-15-11-25(10-14-5-6-18-19(9-14)27-8-7-26-18)12-20(15)28-13-21-23-16-3-1-2-4-17(16)24-21/h1-6,9,15,20H,7-8,10-13H2,(H,23,24)/t15-,20+/m1/s1. The summed E-state index contributed by atoms with van der Waals surface area (Å²) < 4.78 is 31.5. The van der Waals surface area contributed by atoms with Gasteiger partial charge in [-0.05, 0) is 29.8 Å². The maximum Gasteiger partial charge on any atom is 0.161 e. The van der Waals surface area contributed by atoms with Crippen LogP contribution in [0.4, 0.5) is 4.39 Å². The maximum absolute atomic E-state index is 14.5. The van der Waals surface area contributed by atoms with E-state index in [2.05, 4.69) is 14.9 Å². The second kappa shape index (κ2) is 7.41. The number of para-hydroxylation sites is 2. The lowest BCUT2D eigenvalue weighted by molar-refractivity contribution is 0.00863. The summed E-state index contributed by atoms with van der Waals surface area (Å²) in [6, 6.07) is 13.7. The van der Waals surface area contributed by atoms with Gasteiger partial charge < -0.3 is 19.2 Å². The number of benzene rings is 2. The van der Waals surface area contributed by atoms with Crippen molar-refractivity contribution in [3.8, 4) is 11.5 Å². The van der Waals surface area contributed by atoms with E-state index in [1.54, 1.807) is 0 Å². The number of rotatable bonds is 5. The first-order chi connectivity index (χ1) is 13.7. The molecule has 7 heteroatoms. The molecule has 2 aliphatic heterocycles. The van der Waals surface area contributed by atoms with E-state index in [0.29, 0.717) is 32.8 Å². The Bertz CT molecular complexity index is 943. The highest BCUT2D eigenvalue weighted by atomic mass is 19.1. The predicted octanol–water partition coefficient (Wildman–Crippen LogP) is 3.07. The van der Waals surface area contributed by atoms with Gasteiger partial charge in [0.1, 0.15) is 37.9 Å². The van der Waals surface area contributed by atoms with Crippen LogP contribution in [0.25, 0.3) is 11.0 Å². The summed E-state index contributed by atoms with van der Waals surface area (Å²) >= 11 is 0. The molecule has 3 aromatic rings. The lowest BCUT2D eigenvalue weighted by Crippen LogP contribution is -2.24. The summed E-state index contributed by atoms with van der Waals surface area (Å²) in [5, 5.41) is 0. The number of imidazole rings is 1. The van der Waals surface area contributed by atoms with E-state index in [0.717, 1.165) is 33.9 Å². The molecule has 2 aromatic carbocycles. The molecule has 1 fully saturated rings. The summed E-state index contributed by atoms with van der Waals surface area (Å²) in [5.74, 6) is 2.25. The van der Waals surface area contributed by atoms with Crippen molar-refractivity contribution in [1.29, 1.82) is 0 Å². The van der Waals surface area contributed by atoms with Crippen molar-refractivity contribution in [2.24, 2.45) is 0 Å². The molecule has 1 saturated heterocycles. The van der Waals surface area contributed by atoms with Crippen molar-refractivity contribution in [2.45, 2.75) is 25.4 Å². The highest BCUT2D eigenvalue weighted by molar-refractivity contribution is 5.74. The lowest BCUT2D eigenvalue weighted by atomic mass is 10.2. The highest BCUT2D eigenvalue weighted by Crippen LogP contribution is 2.31. The summed E-state index contributed by atoms with van der Waals surface area (Å²) in [7, 11) is 0. The number of nitrogens with zero attached hydrogens (tertiary/aromatic N) is 2. The fraction of sp³-hybridized carbons (Fsp3) is 0.381. The van der Waals surface area contributed by atoms with Gasteiger partial charge in [-0.25, -0.2) is 9.37 Å². The fourth-order valence-corrected chi connectivity index (χ4v) is 3.80. The van der Waals surface area contributed by atoms with Gasteiger partial charge in [0, 0.05) is 19.6 Å². The molecular formula is C21H22FN3O3. The molecular weight excluding hydrogens is 361 g/mol. The Balaban J connectivity index is 1.19. The van der Waals surface area contributed by atoms with Gasteiger partial charge >= 0.3 is 0 Å². The van der Waals surface area contributed by atoms with Gasteiger partial charge in [0.2, 0.25) is 0 Å². The topological polar surface area (TPSA) is 59.6 Å². The van der Waals surface area contributed by atoms with Crippen LogP contribution < -0.4 is 9.47 Å². The third kappa shape index (κ3) is 3.55. The van der Waals surface area contributed by atoms with Gasteiger partial charge in [-0.15, -0.1) is 0 Å². The molecule has 2 aliphatic rings. The molecule has 28 heavy (non-hydrogen) atoms. The first-order valence-electron chi connectivity index (χ1n) is 9.55. The van der Waals surface area contributed by atoms with Crippen LogP contribution in [0.2, 0.25) is 0 Å². The lowest BCUT2D eigenvalue weighted by Gasteiger charge is -2.20. The number of nitrogens with one attached hydrogen (secondary N) is 1. The smallest absolute Gasteiger partial charge is 0.161 e. The Hall–Kier alpha value is -2.64. The monoisotopic (exact) mass is 383 g/mol. The average Bonchev–Trinajstić information content (AvgIpc) is 3.28. The van der Waals surface area contributed by atoms with Crippen molar-refractivity contribution in [2.75, 3.05) is 26.3 Å². The van der Waals surface area contributed by atoms with Crippen LogP contribution in [-0.2, 0) is 17.9 Å². The number of hydrogen-bond donors (Lipinski definition) is 1. The molecule has 0 amide bonds. The Morgan fingerprint density at radius 3 is 2.86 bits per heavy atom. The molecule has 2 atom stereocenters. The van der Waals surface area contributed by atoms with E-state index >= 15 is 0 Å². The minimum absolute atomic E-state index is 0.275. The van der Waals surface area contributed by atoms with Crippen LogP contribution in [0.15, 0.2) is 42.5 Å². The molecule has 5 rings (SSSR count). The fourth-order valence-electron chi connectivity index (χ4n) is 3.80. The van der Waals surface area contributed by atoms with Crippen LogP contribution in [0.3, 0.4) is 0 Å². The zero-order valence-electron chi connectivity index (χ0n) is 15.4. The van der Waals surface area contributed by atoms with Gasteiger partial charge in [-0.3, -0.25) is 4.90 Å². The second-order valence-electron chi connectivity index (χ2n) is 7.24. The zero-order chi connectivity index (χ0) is 18.9. The first-order valence-corrected chi connectivity index (χ1v) is 9.55. The number of aromatic nitrogens is 2. The molecule has 0 saturated carbocycles. The van der Waals surface area contributed by atoms with E-state index in [4.69, 9.17) is 14.2 Å². The molecule has 1 aromatic heterocycles. The summed E-state index contributed by atoms with van der Waals surface area (Å²) in [5.41, 5.74) is 2.93.